The standard InChI is InChI=1S/C16H25ClN2O2/c1-5-18-15(20)8-9-21-14-7-6-13(17)10-12(14)11-19-16(2,3)4/h6-7,10,19H,5,8-9,11H2,1-4H3,(H,18,20). The summed E-state index contributed by atoms with van der Waals surface area (Å²) >= 11 is 6.05. The Morgan fingerprint density at radius 3 is 2.67 bits per heavy atom. The number of nitrogens with one attached hydrogen (secondary N) is 2. The van der Waals surface area contributed by atoms with Crippen LogP contribution in [0.25, 0.3) is 0 Å². The van der Waals surface area contributed by atoms with Gasteiger partial charge in [-0.25, -0.2) is 0 Å². The summed E-state index contributed by atoms with van der Waals surface area (Å²) in [4.78, 5) is 11.4. The Morgan fingerprint density at radius 2 is 2.05 bits per heavy atom. The molecule has 1 rings (SSSR count). The zero-order valence-corrected chi connectivity index (χ0v) is 14.0. The third-order valence-electron chi connectivity index (χ3n) is 2.79. The maximum absolute atomic E-state index is 11.4. The number of hydrogen-bond donors (Lipinski definition) is 2. The van der Waals surface area contributed by atoms with Crippen LogP contribution in [0.2, 0.25) is 5.02 Å². The first-order valence-corrected chi connectivity index (χ1v) is 7.62. The van der Waals surface area contributed by atoms with Crippen molar-refractivity contribution >= 4 is 17.5 Å². The van der Waals surface area contributed by atoms with Crippen molar-refractivity contribution < 1.29 is 9.53 Å². The molecular weight excluding hydrogens is 288 g/mol. The molecule has 0 spiro atoms. The molecule has 0 saturated carbocycles. The Labute approximate surface area is 132 Å². The third-order valence-corrected chi connectivity index (χ3v) is 3.03. The Bertz CT molecular complexity index is 470. The summed E-state index contributed by atoms with van der Waals surface area (Å²) in [7, 11) is 0. The Kier molecular flexibility index (Phi) is 6.99. The van der Waals surface area contributed by atoms with Crippen LogP contribution in [-0.2, 0) is 11.3 Å². The van der Waals surface area contributed by atoms with E-state index in [9.17, 15) is 4.79 Å². The third kappa shape index (κ3) is 7.34. The van der Waals surface area contributed by atoms with Crippen molar-refractivity contribution in [1.29, 1.82) is 0 Å². The molecule has 1 amide bonds. The molecule has 4 nitrogen and oxygen atoms in total. The molecule has 1 aromatic rings. The van der Waals surface area contributed by atoms with Crippen LogP contribution >= 0.6 is 11.6 Å². The summed E-state index contributed by atoms with van der Waals surface area (Å²) in [5.41, 5.74) is 1.01. The minimum Gasteiger partial charge on any atom is -0.493 e. The average Bonchev–Trinajstić information content (AvgIpc) is 2.38. The first-order valence-electron chi connectivity index (χ1n) is 7.25. The average molecular weight is 313 g/mol. The number of halogens is 1. The number of hydrogen-bond acceptors (Lipinski definition) is 3. The van der Waals surface area contributed by atoms with E-state index >= 15 is 0 Å². The van der Waals surface area contributed by atoms with Crippen molar-refractivity contribution in [2.45, 2.75) is 46.2 Å². The van der Waals surface area contributed by atoms with Crippen LogP contribution in [0.5, 0.6) is 5.75 Å². The molecule has 21 heavy (non-hydrogen) atoms. The monoisotopic (exact) mass is 312 g/mol. The number of rotatable bonds is 7. The predicted octanol–water partition coefficient (Wildman–Crippen LogP) is 3.13. The molecule has 0 fully saturated rings. The van der Waals surface area contributed by atoms with Crippen LogP contribution < -0.4 is 15.4 Å². The van der Waals surface area contributed by atoms with Crippen molar-refractivity contribution in [1.82, 2.24) is 10.6 Å². The number of carbonyl (C=O) groups excluding carboxylic acids is 1. The van der Waals surface area contributed by atoms with E-state index in [1.165, 1.54) is 0 Å². The van der Waals surface area contributed by atoms with Gasteiger partial charge >= 0.3 is 0 Å². The molecule has 0 aliphatic carbocycles. The Balaban J connectivity index is 2.62. The van der Waals surface area contributed by atoms with Crippen LogP contribution in [0.15, 0.2) is 18.2 Å². The lowest BCUT2D eigenvalue weighted by molar-refractivity contribution is -0.121. The van der Waals surface area contributed by atoms with Crippen LogP contribution in [0.4, 0.5) is 0 Å². The molecule has 0 atom stereocenters. The fourth-order valence-electron chi connectivity index (χ4n) is 1.73. The fraction of sp³-hybridized carbons (Fsp3) is 0.562. The molecule has 118 valence electrons. The normalized spacial score (nSPS) is 11.3. The zero-order valence-electron chi connectivity index (χ0n) is 13.3. The molecular formula is C16H25ClN2O2. The van der Waals surface area contributed by atoms with E-state index in [1.807, 2.05) is 19.1 Å². The van der Waals surface area contributed by atoms with Crippen LogP contribution in [0, 0.1) is 0 Å². The van der Waals surface area contributed by atoms with Crippen molar-refractivity contribution in [3.8, 4) is 5.75 Å². The van der Waals surface area contributed by atoms with E-state index < -0.39 is 0 Å². The lowest BCUT2D eigenvalue weighted by Gasteiger charge is -2.21. The number of amides is 1. The van der Waals surface area contributed by atoms with Gasteiger partial charge in [0.2, 0.25) is 5.91 Å². The van der Waals surface area contributed by atoms with Gasteiger partial charge in [-0.1, -0.05) is 11.6 Å². The summed E-state index contributed by atoms with van der Waals surface area (Å²) in [5, 5.41) is 6.83. The van der Waals surface area contributed by atoms with Gasteiger partial charge in [0.1, 0.15) is 5.75 Å². The number of benzene rings is 1. The van der Waals surface area contributed by atoms with Gasteiger partial charge < -0.3 is 15.4 Å². The molecule has 0 unspecified atom stereocenters. The molecule has 1 aromatic carbocycles. The molecule has 0 saturated heterocycles. The van der Waals surface area contributed by atoms with Gasteiger partial charge in [0, 0.05) is 29.2 Å². The molecule has 0 aliphatic rings. The lowest BCUT2D eigenvalue weighted by atomic mass is 10.1. The van der Waals surface area contributed by atoms with E-state index in [-0.39, 0.29) is 11.4 Å². The number of carbonyl (C=O) groups is 1. The quantitative estimate of drug-likeness (QED) is 0.813. The largest absolute Gasteiger partial charge is 0.493 e. The van der Waals surface area contributed by atoms with E-state index in [4.69, 9.17) is 16.3 Å². The highest BCUT2D eigenvalue weighted by Gasteiger charge is 2.12. The molecule has 0 aromatic heterocycles. The highest BCUT2D eigenvalue weighted by atomic mass is 35.5. The topological polar surface area (TPSA) is 50.4 Å². The summed E-state index contributed by atoms with van der Waals surface area (Å²) in [6.45, 7) is 9.87. The first kappa shape index (κ1) is 17.8. The first-order chi connectivity index (χ1) is 9.81. The van der Waals surface area contributed by atoms with Crippen molar-refractivity contribution in [3.63, 3.8) is 0 Å². The molecule has 0 bridgehead atoms. The van der Waals surface area contributed by atoms with Gasteiger partial charge in [-0.2, -0.15) is 0 Å². The summed E-state index contributed by atoms with van der Waals surface area (Å²) in [6, 6.07) is 5.53. The van der Waals surface area contributed by atoms with Crippen LogP contribution in [0.3, 0.4) is 0 Å². The maximum atomic E-state index is 11.4. The zero-order chi connectivity index (χ0) is 15.9. The molecule has 0 radical (unpaired) electrons. The van der Waals surface area contributed by atoms with Crippen LogP contribution in [-0.4, -0.2) is 24.6 Å². The van der Waals surface area contributed by atoms with Crippen molar-refractivity contribution in [2.75, 3.05) is 13.2 Å². The minimum absolute atomic E-state index is 0.000769. The predicted molar refractivity (Wildman–Crippen MR) is 86.8 cm³/mol. The van der Waals surface area contributed by atoms with Crippen LogP contribution in [0.1, 0.15) is 39.7 Å². The van der Waals surface area contributed by atoms with Gasteiger partial charge in [0.05, 0.1) is 13.0 Å². The molecule has 0 aliphatic heterocycles. The van der Waals surface area contributed by atoms with Crippen molar-refractivity contribution in [3.05, 3.63) is 28.8 Å². The molecule has 5 heteroatoms. The second-order valence-corrected chi connectivity index (χ2v) is 6.34. The van der Waals surface area contributed by atoms with Gasteiger partial charge in [-0.05, 0) is 45.9 Å². The SMILES string of the molecule is CCNC(=O)CCOc1ccc(Cl)cc1CNC(C)(C)C. The second kappa shape index (κ2) is 8.25. The van der Waals surface area contributed by atoms with Gasteiger partial charge in [0.15, 0.2) is 0 Å². The Morgan fingerprint density at radius 1 is 1.33 bits per heavy atom. The Hall–Kier alpha value is -1.26. The lowest BCUT2D eigenvalue weighted by Crippen LogP contribution is -2.35. The smallest absolute Gasteiger partial charge is 0.223 e. The minimum atomic E-state index is 0.000769. The molecule has 0 heterocycles. The van der Waals surface area contributed by atoms with Gasteiger partial charge in [-0.15, -0.1) is 0 Å². The summed E-state index contributed by atoms with van der Waals surface area (Å²) in [5.74, 6) is 0.765. The van der Waals surface area contributed by atoms with E-state index in [0.29, 0.717) is 31.1 Å². The van der Waals surface area contributed by atoms with E-state index in [2.05, 4.69) is 31.4 Å². The fourth-order valence-corrected chi connectivity index (χ4v) is 1.92. The van der Waals surface area contributed by atoms with E-state index in [0.717, 1.165) is 11.3 Å². The van der Waals surface area contributed by atoms with Crippen molar-refractivity contribution in [2.24, 2.45) is 0 Å². The highest BCUT2D eigenvalue weighted by molar-refractivity contribution is 6.30. The second-order valence-electron chi connectivity index (χ2n) is 5.91. The maximum Gasteiger partial charge on any atom is 0.223 e. The number of ether oxygens (including phenoxy) is 1. The van der Waals surface area contributed by atoms with E-state index in [1.54, 1.807) is 6.07 Å². The highest BCUT2D eigenvalue weighted by Crippen LogP contribution is 2.23. The molecule has 2 N–H and O–H groups in total. The summed E-state index contributed by atoms with van der Waals surface area (Å²) < 4.78 is 5.71. The van der Waals surface area contributed by atoms with Gasteiger partial charge in [0.25, 0.3) is 0 Å². The van der Waals surface area contributed by atoms with Gasteiger partial charge in [-0.3, -0.25) is 4.79 Å². The summed E-state index contributed by atoms with van der Waals surface area (Å²) in [6.07, 6.45) is 0.350.